The number of aryl methyl sites for hydroxylation is 2. The van der Waals surface area contributed by atoms with Crippen molar-refractivity contribution in [2.24, 2.45) is 0 Å². The zero-order chi connectivity index (χ0) is 15.8. The normalized spacial score (nSPS) is 14.1. The molecule has 0 amide bonds. The van der Waals surface area contributed by atoms with Crippen LogP contribution in [0.25, 0.3) is 10.1 Å². The summed E-state index contributed by atoms with van der Waals surface area (Å²) in [5.74, 6) is 1.02. The van der Waals surface area contributed by atoms with Crippen molar-refractivity contribution in [1.82, 2.24) is 0 Å². The molecule has 1 aliphatic heterocycles. The molecule has 0 spiro atoms. The third-order valence-corrected chi connectivity index (χ3v) is 5.76. The van der Waals surface area contributed by atoms with E-state index < -0.39 is 0 Å². The van der Waals surface area contributed by atoms with Crippen LogP contribution in [-0.2, 0) is 13.0 Å². The summed E-state index contributed by atoms with van der Waals surface area (Å²) in [5, 5.41) is 3.68. The summed E-state index contributed by atoms with van der Waals surface area (Å²) in [6.07, 6.45) is 2.41. The van der Waals surface area contributed by atoms with E-state index in [0.717, 1.165) is 12.3 Å². The lowest BCUT2D eigenvalue weighted by molar-refractivity contribution is 0.310. The van der Waals surface area contributed by atoms with Crippen LogP contribution < -0.4 is 9.64 Å². The fourth-order valence-electron chi connectivity index (χ4n) is 3.46. The number of anilines is 1. The highest BCUT2D eigenvalue weighted by molar-refractivity contribution is 7.17. The van der Waals surface area contributed by atoms with Crippen LogP contribution in [-0.4, -0.2) is 13.6 Å². The third-order valence-electron chi connectivity index (χ3n) is 4.65. The van der Waals surface area contributed by atoms with E-state index in [1.807, 2.05) is 6.07 Å². The summed E-state index contributed by atoms with van der Waals surface area (Å²) < 4.78 is 7.52. The van der Waals surface area contributed by atoms with E-state index in [1.165, 1.54) is 45.3 Å². The van der Waals surface area contributed by atoms with Crippen molar-refractivity contribution in [3.8, 4) is 5.75 Å². The average molecular weight is 323 g/mol. The van der Waals surface area contributed by atoms with E-state index in [4.69, 9.17) is 4.74 Å². The molecule has 4 rings (SSSR count). The van der Waals surface area contributed by atoms with Gasteiger partial charge < -0.3 is 9.64 Å². The van der Waals surface area contributed by atoms with Gasteiger partial charge in [-0.25, -0.2) is 0 Å². The predicted molar refractivity (Wildman–Crippen MR) is 98.9 cm³/mol. The molecule has 0 bridgehead atoms. The molecule has 0 unspecified atom stereocenters. The van der Waals surface area contributed by atoms with Crippen molar-refractivity contribution in [3.63, 3.8) is 0 Å². The molecule has 0 N–H and O–H groups in total. The van der Waals surface area contributed by atoms with Gasteiger partial charge in [0, 0.05) is 30.7 Å². The average Bonchev–Trinajstić information content (AvgIpc) is 2.97. The van der Waals surface area contributed by atoms with E-state index in [0.29, 0.717) is 6.61 Å². The van der Waals surface area contributed by atoms with Crippen LogP contribution in [0.2, 0.25) is 0 Å². The molecule has 3 heteroatoms. The van der Waals surface area contributed by atoms with Gasteiger partial charge in [-0.2, -0.15) is 0 Å². The Morgan fingerprint density at radius 3 is 2.87 bits per heavy atom. The largest absolute Gasteiger partial charge is 0.487 e. The lowest BCUT2D eigenvalue weighted by Gasteiger charge is -2.29. The smallest absolute Gasteiger partial charge is 0.139 e. The molecule has 0 atom stereocenters. The summed E-state index contributed by atoms with van der Waals surface area (Å²) >= 11 is 1.81. The van der Waals surface area contributed by atoms with E-state index in [1.54, 1.807) is 11.3 Å². The molecule has 0 fully saturated rings. The monoisotopic (exact) mass is 323 g/mol. The van der Waals surface area contributed by atoms with Crippen LogP contribution in [0, 0.1) is 6.92 Å². The molecule has 23 heavy (non-hydrogen) atoms. The summed E-state index contributed by atoms with van der Waals surface area (Å²) in [5.41, 5.74) is 5.43. The molecule has 118 valence electrons. The molecule has 2 aromatic carbocycles. The number of nitrogens with zero attached hydrogens (tertiary/aromatic N) is 1. The van der Waals surface area contributed by atoms with Crippen molar-refractivity contribution in [2.45, 2.75) is 26.4 Å². The van der Waals surface area contributed by atoms with Gasteiger partial charge in [0.1, 0.15) is 12.4 Å². The Morgan fingerprint density at radius 1 is 1.22 bits per heavy atom. The first kappa shape index (κ1) is 14.6. The number of fused-ring (bicyclic) bond motifs is 3. The molecule has 2 nitrogen and oxygen atoms in total. The van der Waals surface area contributed by atoms with Crippen molar-refractivity contribution in [1.29, 1.82) is 0 Å². The van der Waals surface area contributed by atoms with Crippen molar-refractivity contribution in [2.75, 3.05) is 18.5 Å². The maximum atomic E-state index is 6.22. The fourth-order valence-corrected chi connectivity index (χ4v) is 4.50. The molecular weight excluding hydrogens is 302 g/mol. The van der Waals surface area contributed by atoms with Gasteiger partial charge in [0.15, 0.2) is 0 Å². The first-order valence-corrected chi connectivity index (χ1v) is 9.03. The lowest BCUT2D eigenvalue weighted by atomic mass is 9.96. The number of hydrogen-bond acceptors (Lipinski definition) is 3. The number of rotatable bonds is 3. The van der Waals surface area contributed by atoms with Crippen LogP contribution in [0.4, 0.5) is 5.69 Å². The highest BCUT2D eigenvalue weighted by Gasteiger charge is 2.21. The van der Waals surface area contributed by atoms with Crippen LogP contribution in [0.15, 0.2) is 41.8 Å². The van der Waals surface area contributed by atoms with Crippen LogP contribution >= 0.6 is 11.3 Å². The zero-order valence-corrected chi connectivity index (χ0v) is 14.5. The Morgan fingerprint density at radius 2 is 2.04 bits per heavy atom. The molecule has 0 aliphatic carbocycles. The van der Waals surface area contributed by atoms with E-state index in [9.17, 15) is 0 Å². The van der Waals surface area contributed by atoms with Crippen LogP contribution in [0.1, 0.15) is 23.1 Å². The first-order chi connectivity index (χ1) is 11.2. The Balaban J connectivity index is 1.77. The topological polar surface area (TPSA) is 12.5 Å². The first-order valence-electron chi connectivity index (χ1n) is 8.15. The van der Waals surface area contributed by atoms with Crippen LogP contribution in [0.5, 0.6) is 5.75 Å². The minimum atomic E-state index is 0.620. The molecule has 0 saturated heterocycles. The zero-order valence-electron chi connectivity index (χ0n) is 13.6. The second-order valence-electron chi connectivity index (χ2n) is 6.29. The van der Waals surface area contributed by atoms with Crippen molar-refractivity contribution < 1.29 is 4.74 Å². The van der Waals surface area contributed by atoms with Crippen molar-refractivity contribution in [3.05, 3.63) is 58.5 Å². The maximum Gasteiger partial charge on any atom is 0.139 e. The SMILES string of the molecule is Cc1csc2c(OCc3ccccc3)cc3c(c12)CCCN3C. The highest BCUT2D eigenvalue weighted by Crippen LogP contribution is 2.43. The van der Waals surface area contributed by atoms with E-state index >= 15 is 0 Å². The van der Waals surface area contributed by atoms with Gasteiger partial charge in [-0.15, -0.1) is 11.3 Å². The summed E-state index contributed by atoms with van der Waals surface area (Å²) in [4.78, 5) is 2.37. The lowest BCUT2D eigenvalue weighted by Crippen LogP contribution is -2.24. The molecule has 1 aliphatic rings. The number of benzene rings is 2. The van der Waals surface area contributed by atoms with Gasteiger partial charge in [0.2, 0.25) is 0 Å². The summed E-state index contributed by atoms with van der Waals surface area (Å²) in [6, 6.07) is 12.6. The fraction of sp³-hybridized carbons (Fsp3) is 0.300. The molecule has 0 radical (unpaired) electrons. The van der Waals surface area contributed by atoms with Gasteiger partial charge >= 0.3 is 0 Å². The Bertz CT molecular complexity index is 838. The Kier molecular flexibility index (Phi) is 3.74. The predicted octanol–water partition coefficient (Wildman–Crippen LogP) is 5.17. The highest BCUT2D eigenvalue weighted by atomic mass is 32.1. The summed E-state index contributed by atoms with van der Waals surface area (Å²) in [6.45, 7) is 3.96. The van der Waals surface area contributed by atoms with Crippen molar-refractivity contribution >= 4 is 27.1 Å². The maximum absolute atomic E-state index is 6.22. The number of thiophene rings is 1. The third kappa shape index (κ3) is 2.59. The van der Waals surface area contributed by atoms with Gasteiger partial charge in [-0.05, 0) is 41.8 Å². The number of hydrogen-bond donors (Lipinski definition) is 0. The molecule has 0 saturated carbocycles. The van der Waals surface area contributed by atoms with Gasteiger partial charge in [-0.1, -0.05) is 30.3 Å². The quantitative estimate of drug-likeness (QED) is 0.659. The van der Waals surface area contributed by atoms with Gasteiger partial charge in [-0.3, -0.25) is 0 Å². The van der Waals surface area contributed by atoms with Gasteiger partial charge in [0.25, 0.3) is 0 Å². The molecule has 2 heterocycles. The molecular formula is C20H21NOS. The Hall–Kier alpha value is -2.00. The Labute approximate surface area is 141 Å². The van der Waals surface area contributed by atoms with E-state index in [-0.39, 0.29) is 0 Å². The van der Waals surface area contributed by atoms with Crippen LogP contribution in [0.3, 0.4) is 0 Å². The standard InChI is InChI=1S/C20H21NOS/c1-14-13-23-20-18(22-12-15-7-4-3-5-8-15)11-17-16(19(14)20)9-6-10-21(17)2/h3-5,7-8,11,13H,6,9-10,12H2,1-2H3. The summed E-state index contributed by atoms with van der Waals surface area (Å²) in [7, 11) is 2.19. The minimum absolute atomic E-state index is 0.620. The van der Waals surface area contributed by atoms with Gasteiger partial charge in [0.05, 0.1) is 4.70 Å². The second-order valence-corrected chi connectivity index (χ2v) is 7.17. The number of ether oxygens (including phenoxy) is 1. The minimum Gasteiger partial charge on any atom is -0.487 e. The molecule has 1 aromatic heterocycles. The van der Waals surface area contributed by atoms with E-state index in [2.05, 4.69) is 54.6 Å². The molecule has 3 aromatic rings. The second kappa shape index (κ2) is 5.89.